The summed E-state index contributed by atoms with van der Waals surface area (Å²) < 4.78 is 13.2. The molecule has 13 heavy (non-hydrogen) atoms. The average Bonchev–Trinajstić information content (AvgIpc) is 2.54. The van der Waals surface area contributed by atoms with Crippen LogP contribution in [0.3, 0.4) is 0 Å². The number of hydrogen-bond donors (Lipinski definition) is 1. The van der Waals surface area contributed by atoms with Gasteiger partial charge in [0.1, 0.15) is 6.33 Å². The molecular formula is C7H11N3O2S. The van der Waals surface area contributed by atoms with Gasteiger partial charge in [-0.15, -0.1) is 0 Å². The second-order valence-corrected chi connectivity index (χ2v) is 3.27. The van der Waals surface area contributed by atoms with Gasteiger partial charge in [-0.05, 0) is 12.2 Å². The van der Waals surface area contributed by atoms with Crippen LogP contribution in [-0.4, -0.2) is 40.7 Å². The molecule has 2 heterocycles. The molecular weight excluding hydrogens is 190 g/mol. The van der Waals surface area contributed by atoms with E-state index in [1.54, 1.807) is 6.33 Å². The highest BCUT2D eigenvalue weighted by atomic mass is 32.1. The minimum atomic E-state index is 0.0954. The van der Waals surface area contributed by atoms with Crippen LogP contribution in [0.15, 0.2) is 6.33 Å². The Morgan fingerprint density at radius 1 is 1.69 bits per heavy atom. The fraction of sp³-hybridized carbons (Fsp3) is 0.714. The molecule has 72 valence electrons. The van der Waals surface area contributed by atoms with Gasteiger partial charge in [0, 0.05) is 0 Å². The van der Waals surface area contributed by atoms with Crippen molar-refractivity contribution in [3.63, 3.8) is 0 Å². The summed E-state index contributed by atoms with van der Waals surface area (Å²) in [5.74, 6) is 0. The molecule has 0 aliphatic carbocycles. The molecule has 1 atom stereocenters. The van der Waals surface area contributed by atoms with Gasteiger partial charge in [-0.25, -0.2) is 0 Å². The van der Waals surface area contributed by atoms with E-state index in [1.165, 1.54) is 0 Å². The molecule has 1 fully saturated rings. The van der Waals surface area contributed by atoms with E-state index in [2.05, 4.69) is 10.2 Å². The van der Waals surface area contributed by atoms with Crippen molar-refractivity contribution in [1.82, 2.24) is 14.8 Å². The molecule has 1 saturated heterocycles. The molecule has 1 unspecified atom stereocenters. The molecule has 1 aromatic heterocycles. The molecule has 0 amide bonds. The number of nitrogens with zero attached hydrogens (tertiary/aromatic N) is 2. The van der Waals surface area contributed by atoms with Crippen molar-refractivity contribution in [1.29, 1.82) is 0 Å². The van der Waals surface area contributed by atoms with Gasteiger partial charge in [0.15, 0.2) is 4.77 Å². The highest BCUT2D eigenvalue weighted by molar-refractivity contribution is 7.71. The predicted molar refractivity (Wildman–Crippen MR) is 48.0 cm³/mol. The standard InChI is InChI=1S/C7H11N3O2S/c13-7-9-8-5-10(7)3-6-4-11-1-2-12-6/h5-6H,1-4H2,(H,9,13). The molecule has 5 nitrogen and oxygen atoms in total. The molecule has 0 saturated carbocycles. The third kappa shape index (κ3) is 2.15. The second kappa shape index (κ2) is 3.99. The quantitative estimate of drug-likeness (QED) is 0.702. The topological polar surface area (TPSA) is 52.1 Å². The van der Waals surface area contributed by atoms with Gasteiger partial charge in [0.25, 0.3) is 0 Å². The van der Waals surface area contributed by atoms with E-state index in [1.807, 2.05) is 4.57 Å². The number of hydrogen-bond acceptors (Lipinski definition) is 4. The van der Waals surface area contributed by atoms with Gasteiger partial charge in [0.2, 0.25) is 0 Å². The third-order valence-corrected chi connectivity index (χ3v) is 2.23. The maximum Gasteiger partial charge on any atom is 0.195 e. The van der Waals surface area contributed by atoms with Crippen molar-refractivity contribution in [2.75, 3.05) is 19.8 Å². The maximum absolute atomic E-state index is 5.47. The number of ether oxygens (including phenoxy) is 2. The van der Waals surface area contributed by atoms with Gasteiger partial charge < -0.3 is 14.0 Å². The molecule has 1 aliphatic rings. The Kier molecular flexibility index (Phi) is 2.72. The summed E-state index contributed by atoms with van der Waals surface area (Å²) in [5, 5.41) is 6.51. The monoisotopic (exact) mass is 201 g/mol. The number of aromatic amines is 1. The Balaban J connectivity index is 1.97. The van der Waals surface area contributed by atoms with Crippen LogP contribution in [0.5, 0.6) is 0 Å². The number of H-pyrrole nitrogens is 1. The largest absolute Gasteiger partial charge is 0.376 e. The van der Waals surface area contributed by atoms with Crippen LogP contribution in [0.25, 0.3) is 0 Å². The lowest BCUT2D eigenvalue weighted by atomic mass is 10.3. The molecule has 2 rings (SSSR count). The highest BCUT2D eigenvalue weighted by Gasteiger charge is 2.14. The van der Waals surface area contributed by atoms with E-state index in [9.17, 15) is 0 Å². The van der Waals surface area contributed by atoms with Crippen LogP contribution in [-0.2, 0) is 16.0 Å². The summed E-state index contributed by atoms with van der Waals surface area (Å²) in [6, 6.07) is 0. The zero-order valence-corrected chi connectivity index (χ0v) is 7.92. The van der Waals surface area contributed by atoms with E-state index in [0.717, 1.165) is 0 Å². The molecule has 1 N–H and O–H groups in total. The summed E-state index contributed by atoms with van der Waals surface area (Å²) in [5.41, 5.74) is 0. The lowest BCUT2D eigenvalue weighted by Crippen LogP contribution is -2.32. The second-order valence-electron chi connectivity index (χ2n) is 2.88. The van der Waals surface area contributed by atoms with Crippen LogP contribution in [0, 0.1) is 4.77 Å². The van der Waals surface area contributed by atoms with Gasteiger partial charge in [-0.2, -0.15) is 5.10 Å². The Labute approximate surface area is 80.7 Å². The summed E-state index contributed by atoms with van der Waals surface area (Å²) in [6.45, 7) is 2.69. The lowest BCUT2D eigenvalue weighted by molar-refractivity contribution is -0.0937. The Morgan fingerprint density at radius 2 is 2.62 bits per heavy atom. The van der Waals surface area contributed by atoms with E-state index in [-0.39, 0.29) is 6.10 Å². The first-order valence-electron chi connectivity index (χ1n) is 4.15. The maximum atomic E-state index is 5.47. The Hall–Kier alpha value is -0.720. The summed E-state index contributed by atoms with van der Waals surface area (Å²) in [6.07, 6.45) is 1.76. The van der Waals surface area contributed by atoms with Crippen molar-refractivity contribution in [2.24, 2.45) is 0 Å². The SMILES string of the molecule is S=c1[nH]ncn1CC1COCCO1. The van der Waals surface area contributed by atoms with Gasteiger partial charge >= 0.3 is 0 Å². The molecule has 0 bridgehead atoms. The summed E-state index contributed by atoms with van der Waals surface area (Å²) >= 11 is 5.00. The van der Waals surface area contributed by atoms with Gasteiger partial charge in [-0.1, -0.05) is 0 Å². The predicted octanol–water partition coefficient (Wildman–Crippen LogP) is 0.356. The van der Waals surface area contributed by atoms with Crippen LogP contribution < -0.4 is 0 Å². The zero-order valence-electron chi connectivity index (χ0n) is 7.10. The minimum absolute atomic E-state index is 0.0954. The van der Waals surface area contributed by atoms with Crippen LogP contribution in [0.4, 0.5) is 0 Å². The number of rotatable bonds is 2. The first kappa shape index (κ1) is 8.86. The fourth-order valence-electron chi connectivity index (χ4n) is 1.26. The molecule has 0 spiro atoms. The zero-order chi connectivity index (χ0) is 9.10. The molecule has 1 aliphatic heterocycles. The minimum Gasteiger partial charge on any atom is -0.376 e. The van der Waals surface area contributed by atoms with Crippen molar-refractivity contribution in [3.05, 3.63) is 11.1 Å². The molecule has 0 radical (unpaired) electrons. The number of aromatic nitrogens is 3. The summed E-state index contributed by atoms with van der Waals surface area (Å²) in [7, 11) is 0. The van der Waals surface area contributed by atoms with E-state index >= 15 is 0 Å². The lowest BCUT2D eigenvalue weighted by Gasteiger charge is -2.22. The van der Waals surface area contributed by atoms with Gasteiger partial charge in [-0.3, -0.25) is 5.10 Å². The van der Waals surface area contributed by atoms with Crippen molar-refractivity contribution < 1.29 is 9.47 Å². The number of nitrogens with one attached hydrogen (secondary N) is 1. The Bertz CT molecular complexity index is 316. The van der Waals surface area contributed by atoms with Crippen molar-refractivity contribution in [2.45, 2.75) is 12.6 Å². The van der Waals surface area contributed by atoms with Crippen molar-refractivity contribution in [3.8, 4) is 0 Å². The average molecular weight is 201 g/mol. The van der Waals surface area contributed by atoms with Crippen LogP contribution in [0.1, 0.15) is 0 Å². The van der Waals surface area contributed by atoms with Gasteiger partial charge in [0.05, 0.1) is 32.5 Å². The molecule has 1 aromatic rings. The third-order valence-electron chi connectivity index (χ3n) is 1.90. The first-order valence-corrected chi connectivity index (χ1v) is 4.56. The Morgan fingerprint density at radius 3 is 3.23 bits per heavy atom. The highest BCUT2D eigenvalue weighted by Crippen LogP contribution is 2.03. The summed E-state index contributed by atoms with van der Waals surface area (Å²) in [4.78, 5) is 0. The van der Waals surface area contributed by atoms with E-state index in [0.29, 0.717) is 31.1 Å². The van der Waals surface area contributed by atoms with E-state index in [4.69, 9.17) is 21.7 Å². The fourth-order valence-corrected chi connectivity index (χ4v) is 1.44. The molecule has 6 heteroatoms. The van der Waals surface area contributed by atoms with Crippen LogP contribution >= 0.6 is 12.2 Å². The van der Waals surface area contributed by atoms with Crippen molar-refractivity contribution >= 4 is 12.2 Å². The first-order chi connectivity index (χ1) is 6.36. The smallest absolute Gasteiger partial charge is 0.195 e. The normalized spacial score (nSPS) is 23.2. The molecule has 0 aromatic carbocycles. The van der Waals surface area contributed by atoms with E-state index < -0.39 is 0 Å². The van der Waals surface area contributed by atoms with Crippen LogP contribution in [0.2, 0.25) is 0 Å².